The van der Waals surface area contributed by atoms with Crippen molar-refractivity contribution < 1.29 is 0 Å². The fourth-order valence-corrected chi connectivity index (χ4v) is 3.29. The first-order valence-corrected chi connectivity index (χ1v) is 8.69. The molecule has 4 rings (SSSR count). The van der Waals surface area contributed by atoms with E-state index in [0.29, 0.717) is 0 Å². The van der Waals surface area contributed by atoms with E-state index in [1.807, 2.05) is 0 Å². The molecule has 2 aromatic carbocycles. The summed E-state index contributed by atoms with van der Waals surface area (Å²) >= 11 is 0. The minimum atomic E-state index is 1.05. The number of hydrogen-bond acceptors (Lipinski definition) is 2. The van der Waals surface area contributed by atoms with Crippen LogP contribution in [-0.4, -0.2) is 18.1 Å². The largest absolute Gasteiger partial charge is 0.357 e. The predicted molar refractivity (Wildman–Crippen MR) is 101 cm³/mol. The van der Waals surface area contributed by atoms with Crippen molar-refractivity contribution >= 4 is 5.82 Å². The summed E-state index contributed by atoms with van der Waals surface area (Å²) in [5.41, 5.74) is 6.00. The highest BCUT2D eigenvalue weighted by molar-refractivity contribution is 5.74. The van der Waals surface area contributed by atoms with Crippen LogP contribution >= 0.6 is 0 Å². The molecule has 1 fully saturated rings. The van der Waals surface area contributed by atoms with Crippen molar-refractivity contribution in [2.75, 3.05) is 18.0 Å². The fourth-order valence-electron chi connectivity index (χ4n) is 3.29. The second kappa shape index (κ2) is 6.48. The highest BCUT2D eigenvalue weighted by Crippen LogP contribution is 2.30. The maximum atomic E-state index is 4.95. The maximum Gasteiger partial charge on any atom is 0.129 e. The number of aryl methyl sites for hydroxylation is 1. The van der Waals surface area contributed by atoms with Gasteiger partial charge < -0.3 is 4.90 Å². The third-order valence-electron chi connectivity index (χ3n) is 4.70. The SMILES string of the molecule is Cc1ccc(-c2cc(-c3ccccc3)nc(N3CCCC3)c2)cc1. The average Bonchev–Trinajstić information content (AvgIpc) is 3.17. The topological polar surface area (TPSA) is 16.1 Å². The normalized spacial score (nSPS) is 14.1. The Kier molecular flexibility index (Phi) is 4.04. The van der Waals surface area contributed by atoms with Gasteiger partial charge in [0.15, 0.2) is 0 Å². The molecule has 0 spiro atoms. The molecule has 0 radical (unpaired) electrons. The number of pyridine rings is 1. The molecule has 2 heterocycles. The molecular weight excluding hydrogens is 292 g/mol. The molecule has 0 bridgehead atoms. The van der Waals surface area contributed by atoms with Crippen LogP contribution in [0.5, 0.6) is 0 Å². The lowest BCUT2D eigenvalue weighted by atomic mass is 10.0. The summed E-state index contributed by atoms with van der Waals surface area (Å²) in [7, 11) is 0. The van der Waals surface area contributed by atoms with Crippen molar-refractivity contribution in [3.05, 3.63) is 72.3 Å². The van der Waals surface area contributed by atoms with Crippen LogP contribution in [0.15, 0.2) is 66.7 Å². The van der Waals surface area contributed by atoms with E-state index in [2.05, 4.69) is 78.6 Å². The molecule has 0 saturated carbocycles. The summed E-state index contributed by atoms with van der Waals surface area (Å²) in [6.07, 6.45) is 2.52. The Morgan fingerprint density at radius 3 is 2.17 bits per heavy atom. The summed E-state index contributed by atoms with van der Waals surface area (Å²) in [6, 6.07) is 23.7. The lowest BCUT2D eigenvalue weighted by Crippen LogP contribution is -2.19. The van der Waals surface area contributed by atoms with E-state index in [1.54, 1.807) is 0 Å². The molecule has 0 amide bonds. The van der Waals surface area contributed by atoms with Crippen LogP contribution in [0.1, 0.15) is 18.4 Å². The van der Waals surface area contributed by atoms with Crippen molar-refractivity contribution in [3.63, 3.8) is 0 Å². The van der Waals surface area contributed by atoms with Crippen molar-refractivity contribution in [1.29, 1.82) is 0 Å². The van der Waals surface area contributed by atoms with E-state index in [9.17, 15) is 0 Å². The zero-order valence-corrected chi connectivity index (χ0v) is 14.1. The van der Waals surface area contributed by atoms with Gasteiger partial charge in [-0.3, -0.25) is 0 Å². The summed E-state index contributed by atoms with van der Waals surface area (Å²) < 4.78 is 0. The Labute approximate surface area is 143 Å². The minimum absolute atomic E-state index is 1.05. The summed E-state index contributed by atoms with van der Waals surface area (Å²) in [6.45, 7) is 4.35. The molecule has 1 aliphatic heterocycles. The van der Waals surface area contributed by atoms with Crippen LogP contribution in [0.3, 0.4) is 0 Å². The van der Waals surface area contributed by atoms with Crippen LogP contribution in [0.2, 0.25) is 0 Å². The lowest BCUT2D eigenvalue weighted by molar-refractivity contribution is 0.939. The van der Waals surface area contributed by atoms with E-state index < -0.39 is 0 Å². The van der Waals surface area contributed by atoms with Gasteiger partial charge in [0.2, 0.25) is 0 Å². The number of rotatable bonds is 3. The Hall–Kier alpha value is -2.61. The second-order valence-corrected chi connectivity index (χ2v) is 6.53. The van der Waals surface area contributed by atoms with E-state index >= 15 is 0 Å². The number of hydrogen-bond donors (Lipinski definition) is 0. The summed E-state index contributed by atoms with van der Waals surface area (Å²) in [5, 5.41) is 0. The van der Waals surface area contributed by atoms with Crippen LogP contribution in [0.4, 0.5) is 5.82 Å². The molecule has 24 heavy (non-hydrogen) atoms. The Morgan fingerprint density at radius 2 is 1.46 bits per heavy atom. The summed E-state index contributed by atoms with van der Waals surface area (Å²) in [5.74, 6) is 1.10. The van der Waals surface area contributed by atoms with Gasteiger partial charge in [-0.1, -0.05) is 60.2 Å². The highest BCUT2D eigenvalue weighted by Gasteiger charge is 2.16. The molecule has 1 aliphatic rings. The first-order valence-electron chi connectivity index (χ1n) is 8.69. The molecule has 1 aromatic heterocycles. The van der Waals surface area contributed by atoms with E-state index in [0.717, 1.165) is 24.6 Å². The molecule has 3 aromatic rings. The molecule has 1 saturated heterocycles. The van der Waals surface area contributed by atoms with Gasteiger partial charge in [0.05, 0.1) is 5.69 Å². The number of aromatic nitrogens is 1. The maximum absolute atomic E-state index is 4.95. The molecule has 0 aliphatic carbocycles. The number of nitrogens with zero attached hydrogens (tertiary/aromatic N) is 2. The van der Waals surface area contributed by atoms with Crippen LogP contribution < -0.4 is 4.90 Å². The highest BCUT2D eigenvalue weighted by atomic mass is 15.2. The zero-order chi connectivity index (χ0) is 16.4. The first kappa shape index (κ1) is 14.9. The fraction of sp³-hybridized carbons (Fsp3) is 0.227. The van der Waals surface area contributed by atoms with Gasteiger partial charge in [0.1, 0.15) is 5.82 Å². The molecule has 0 unspecified atom stereocenters. The standard InChI is InChI=1S/C22H22N2/c1-17-9-11-18(12-10-17)20-15-21(19-7-3-2-4-8-19)23-22(16-20)24-13-5-6-14-24/h2-4,7-12,15-16H,5-6,13-14H2,1H3. The van der Waals surface area contributed by atoms with Gasteiger partial charge in [0.25, 0.3) is 0 Å². The number of benzene rings is 2. The first-order chi connectivity index (χ1) is 11.8. The van der Waals surface area contributed by atoms with Gasteiger partial charge in [-0.2, -0.15) is 0 Å². The van der Waals surface area contributed by atoms with Crippen molar-refractivity contribution in [1.82, 2.24) is 4.98 Å². The molecule has 0 N–H and O–H groups in total. The van der Waals surface area contributed by atoms with E-state index in [1.165, 1.54) is 35.1 Å². The van der Waals surface area contributed by atoms with Gasteiger partial charge in [-0.05, 0) is 43.0 Å². The van der Waals surface area contributed by atoms with Crippen molar-refractivity contribution in [2.24, 2.45) is 0 Å². The van der Waals surface area contributed by atoms with Crippen LogP contribution in [0, 0.1) is 6.92 Å². The molecular formula is C22H22N2. The third kappa shape index (κ3) is 3.05. The van der Waals surface area contributed by atoms with Crippen LogP contribution in [-0.2, 0) is 0 Å². The smallest absolute Gasteiger partial charge is 0.129 e. The third-order valence-corrected chi connectivity index (χ3v) is 4.70. The average molecular weight is 314 g/mol. The van der Waals surface area contributed by atoms with Crippen molar-refractivity contribution in [3.8, 4) is 22.4 Å². The minimum Gasteiger partial charge on any atom is -0.357 e. The number of anilines is 1. The monoisotopic (exact) mass is 314 g/mol. The zero-order valence-electron chi connectivity index (χ0n) is 14.1. The van der Waals surface area contributed by atoms with Gasteiger partial charge >= 0.3 is 0 Å². The molecule has 2 nitrogen and oxygen atoms in total. The van der Waals surface area contributed by atoms with E-state index in [-0.39, 0.29) is 0 Å². The van der Waals surface area contributed by atoms with Gasteiger partial charge in [-0.15, -0.1) is 0 Å². The van der Waals surface area contributed by atoms with Crippen LogP contribution in [0.25, 0.3) is 22.4 Å². The molecule has 2 heteroatoms. The quantitative estimate of drug-likeness (QED) is 0.650. The molecule has 120 valence electrons. The van der Waals surface area contributed by atoms with Gasteiger partial charge in [-0.25, -0.2) is 4.98 Å². The van der Waals surface area contributed by atoms with Gasteiger partial charge in [0, 0.05) is 18.7 Å². The second-order valence-electron chi connectivity index (χ2n) is 6.53. The lowest BCUT2D eigenvalue weighted by Gasteiger charge is -2.19. The Balaban J connectivity index is 1.83. The Bertz CT molecular complexity index is 816. The van der Waals surface area contributed by atoms with E-state index in [4.69, 9.17) is 4.98 Å². The predicted octanol–water partition coefficient (Wildman–Crippen LogP) is 5.32. The molecule has 0 atom stereocenters. The van der Waals surface area contributed by atoms with Crippen molar-refractivity contribution in [2.45, 2.75) is 19.8 Å². The Morgan fingerprint density at radius 1 is 0.750 bits per heavy atom. The summed E-state index contributed by atoms with van der Waals surface area (Å²) in [4.78, 5) is 7.36.